The first-order valence-electron chi connectivity index (χ1n) is 11.5. The molecule has 8 heteroatoms. The molecule has 0 radical (unpaired) electrons. The molecule has 1 saturated heterocycles. The lowest BCUT2D eigenvalue weighted by Gasteiger charge is -2.26. The monoisotopic (exact) mass is 449 g/mol. The number of fused-ring (bicyclic) bond motifs is 2. The van der Waals surface area contributed by atoms with Crippen molar-refractivity contribution in [2.45, 2.75) is 45.3 Å². The number of ether oxygens (including phenoxy) is 2. The van der Waals surface area contributed by atoms with E-state index in [1.807, 2.05) is 23.1 Å². The number of carbonyl (C=O) groups is 1. The Hall–Kier alpha value is -3.55. The van der Waals surface area contributed by atoms with Gasteiger partial charge in [-0.2, -0.15) is 0 Å². The lowest BCUT2D eigenvalue weighted by Crippen LogP contribution is -2.43. The zero-order chi connectivity index (χ0) is 22.9. The van der Waals surface area contributed by atoms with Crippen LogP contribution in [-0.2, 0) is 17.9 Å². The lowest BCUT2D eigenvalue weighted by atomic mass is 10.0. The topological polar surface area (TPSA) is 82.8 Å². The first-order valence-corrected chi connectivity index (χ1v) is 11.5. The molecule has 2 aliphatic rings. The second-order valence-electron chi connectivity index (χ2n) is 8.44. The molecule has 1 fully saturated rings. The molecule has 0 N–H and O–H groups in total. The summed E-state index contributed by atoms with van der Waals surface area (Å²) in [5.74, 6) is 1.30. The van der Waals surface area contributed by atoms with Crippen molar-refractivity contribution in [3.8, 4) is 11.5 Å². The molecule has 3 aromatic rings. The molecule has 2 aromatic carbocycles. The van der Waals surface area contributed by atoms with E-state index in [4.69, 9.17) is 9.47 Å². The number of para-hydroxylation sites is 1. The fourth-order valence-electron chi connectivity index (χ4n) is 4.83. The van der Waals surface area contributed by atoms with Gasteiger partial charge in [0.2, 0.25) is 5.91 Å². The van der Waals surface area contributed by atoms with Crippen LogP contribution in [0.5, 0.6) is 11.5 Å². The third kappa shape index (κ3) is 3.79. The van der Waals surface area contributed by atoms with Crippen molar-refractivity contribution in [3.63, 3.8) is 0 Å². The van der Waals surface area contributed by atoms with Crippen molar-refractivity contribution in [1.29, 1.82) is 0 Å². The van der Waals surface area contributed by atoms with Gasteiger partial charge >= 0.3 is 5.69 Å². The summed E-state index contributed by atoms with van der Waals surface area (Å²) in [4.78, 5) is 41.0. The minimum atomic E-state index is -0.458. The Morgan fingerprint density at radius 3 is 2.61 bits per heavy atom. The van der Waals surface area contributed by atoms with E-state index in [1.54, 1.807) is 31.2 Å². The van der Waals surface area contributed by atoms with Gasteiger partial charge in [-0.1, -0.05) is 18.2 Å². The van der Waals surface area contributed by atoms with Gasteiger partial charge in [-0.3, -0.25) is 18.7 Å². The molecular weight excluding hydrogens is 422 g/mol. The number of aromatic nitrogens is 2. The zero-order valence-electron chi connectivity index (χ0n) is 18.7. The highest BCUT2D eigenvalue weighted by Gasteiger charge is 2.31. The highest BCUT2D eigenvalue weighted by Crippen LogP contribution is 2.38. The van der Waals surface area contributed by atoms with Crippen LogP contribution in [0.3, 0.4) is 0 Å². The summed E-state index contributed by atoms with van der Waals surface area (Å²) >= 11 is 0. The summed E-state index contributed by atoms with van der Waals surface area (Å²) in [6.07, 6.45) is 2.56. The Kier molecular flexibility index (Phi) is 5.66. The van der Waals surface area contributed by atoms with E-state index in [1.165, 1.54) is 9.13 Å². The largest absolute Gasteiger partial charge is 0.490 e. The summed E-state index contributed by atoms with van der Waals surface area (Å²) < 4.78 is 14.2. The number of likely N-dealkylation sites (tertiary alicyclic amines) is 1. The van der Waals surface area contributed by atoms with E-state index in [0.717, 1.165) is 30.6 Å². The van der Waals surface area contributed by atoms with Crippen molar-refractivity contribution in [3.05, 3.63) is 68.9 Å². The van der Waals surface area contributed by atoms with Crippen LogP contribution in [0.1, 0.15) is 37.8 Å². The summed E-state index contributed by atoms with van der Waals surface area (Å²) in [6.45, 7) is 3.75. The second kappa shape index (κ2) is 8.77. The summed E-state index contributed by atoms with van der Waals surface area (Å²) in [7, 11) is 0. The quantitative estimate of drug-likeness (QED) is 0.612. The molecular formula is C25H27N3O5. The molecule has 172 valence electrons. The predicted molar refractivity (Wildman–Crippen MR) is 124 cm³/mol. The van der Waals surface area contributed by atoms with Gasteiger partial charge < -0.3 is 14.4 Å². The number of hydrogen-bond acceptors (Lipinski definition) is 5. The van der Waals surface area contributed by atoms with Crippen LogP contribution in [0, 0.1) is 0 Å². The Bertz CT molecular complexity index is 1330. The van der Waals surface area contributed by atoms with Gasteiger partial charge in [-0.05, 0) is 49.6 Å². The van der Waals surface area contributed by atoms with Crippen molar-refractivity contribution < 1.29 is 14.3 Å². The molecule has 2 aliphatic heterocycles. The number of hydrogen-bond donors (Lipinski definition) is 0. The van der Waals surface area contributed by atoms with Crippen molar-refractivity contribution >= 4 is 16.8 Å². The highest BCUT2D eigenvalue weighted by atomic mass is 16.5. The maximum Gasteiger partial charge on any atom is 0.331 e. The van der Waals surface area contributed by atoms with Gasteiger partial charge in [0.05, 0.1) is 30.2 Å². The van der Waals surface area contributed by atoms with Gasteiger partial charge in [0, 0.05) is 19.5 Å². The van der Waals surface area contributed by atoms with E-state index in [-0.39, 0.29) is 30.6 Å². The average molecular weight is 450 g/mol. The molecule has 1 aromatic heterocycles. The molecule has 8 nitrogen and oxygen atoms in total. The van der Waals surface area contributed by atoms with E-state index >= 15 is 0 Å². The van der Waals surface area contributed by atoms with E-state index in [9.17, 15) is 14.4 Å². The van der Waals surface area contributed by atoms with Crippen LogP contribution in [-0.4, -0.2) is 39.7 Å². The molecule has 3 heterocycles. The van der Waals surface area contributed by atoms with Crippen molar-refractivity contribution in [2.24, 2.45) is 0 Å². The minimum absolute atomic E-state index is 0.0892. The lowest BCUT2D eigenvalue weighted by molar-refractivity contribution is -0.132. The standard InChI is InChI=1S/C25H27N3O5/c1-2-26-24(30)18-7-3-4-8-20(18)28(25(26)31)16-23(29)27-12-5-9-19(27)17-10-11-21-22(15-17)33-14-6-13-32-21/h3-4,7-8,10-11,15,19H,2,5-6,9,12-14,16H2,1H3. The SMILES string of the molecule is CCn1c(=O)c2ccccc2n(CC(=O)N2CCCC2c2ccc3c(c2)OCCCO3)c1=O. The summed E-state index contributed by atoms with van der Waals surface area (Å²) in [6, 6.07) is 12.7. The Morgan fingerprint density at radius 2 is 1.79 bits per heavy atom. The third-order valence-corrected chi connectivity index (χ3v) is 6.47. The van der Waals surface area contributed by atoms with Gasteiger partial charge in [-0.25, -0.2) is 4.79 Å². The maximum atomic E-state index is 13.4. The third-order valence-electron chi connectivity index (χ3n) is 6.47. The molecule has 0 saturated carbocycles. The molecule has 0 aliphatic carbocycles. The van der Waals surface area contributed by atoms with Gasteiger partial charge in [0.1, 0.15) is 6.54 Å². The fraction of sp³-hybridized carbons (Fsp3) is 0.400. The van der Waals surface area contributed by atoms with E-state index in [2.05, 4.69) is 0 Å². The van der Waals surface area contributed by atoms with Crippen molar-refractivity contribution in [2.75, 3.05) is 19.8 Å². The number of rotatable bonds is 4. The smallest absolute Gasteiger partial charge is 0.331 e. The number of nitrogens with zero attached hydrogens (tertiary/aromatic N) is 3. The zero-order valence-corrected chi connectivity index (χ0v) is 18.7. The van der Waals surface area contributed by atoms with Crippen molar-refractivity contribution in [1.82, 2.24) is 14.0 Å². The second-order valence-corrected chi connectivity index (χ2v) is 8.44. The van der Waals surface area contributed by atoms with Crippen LogP contribution < -0.4 is 20.7 Å². The molecule has 5 rings (SSSR count). The van der Waals surface area contributed by atoms with Gasteiger partial charge in [0.15, 0.2) is 11.5 Å². The van der Waals surface area contributed by atoms with E-state index < -0.39 is 5.69 Å². The molecule has 0 bridgehead atoms. The highest BCUT2D eigenvalue weighted by molar-refractivity contribution is 5.82. The number of carbonyl (C=O) groups excluding carboxylic acids is 1. The normalized spacial score (nSPS) is 17.8. The van der Waals surface area contributed by atoms with Crippen LogP contribution in [0.15, 0.2) is 52.1 Å². The molecule has 1 unspecified atom stereocenters. The molecule has 0 spiro atoms. The minimum Gasteiger partial charge on any atom is -0.490 e. The predicted octanol–water partition coefficient (Wildman–Crippen LogP) is 2.71. The van der Waals surface area contributed by atoms with Crippen LogP contribution in [0.25, 0.3) is 10.9 Å². The Labute approximate surface area is 191 Å². The first kappa shape index (κ1) is 21.3. The van der Waals surface area contributed by atoms with Crippen LogP contribution in [0.4, 0.5) is 0 Å². The molecule has 1 atom stereocenters. The maximum absolute atomic E-state index is 13.4. The van der Waals surface area contributed by atoms with E-state index in [0.29, 0.717) is 36.4 Å². The Balaban J connectivity index is 1.47. The fourth-order valence-corrected chi connectivity index (χ4v) is 4.83. The number of amides is 1. The number of benzene rings is 2. The average Bonchev–Trinajstić information content (AvgIpc) is 3.21. The van der Waals surface area contributed by atoms with Gasteiger partial charge in [-0.15, -0.1) is 0 Å². The summed E-state index contributed by atoms with van der Waals surface area (Å²) in [5.41, 5.74) is 0.701. The van der Waals surface area contributed by atoms with Crippen LogP contribution in [0.2, 0.25) is 0 Å². The van der Waals surface area contributed by atoms with Gasteiger partial charge in [0.25, 0.3) is 5.56 Å². The molecule has 33 heavy (non-hydrogen) atoms. The Morgan fingerprint density at radius 1 is 1.00 bits per heavy atom. The molecule has 1 amide bonds. The summed E-state index contributed by atoms with van der Waals surface area (Å²) in [5, 5.41) is 0.438. The first-order chi connectivity index (χ1) is 16.1. The van der Waals surface area contributed by atoms with Crippen LogP contribution >= 0.6 is 0 Å².